The van der Waals surface area contributed by atoms with Gasteiger partial charge in [-0.1, -0.05) is 12.1 Å². The summed E-state index contributed by atoms with van der Waals surface area (Å²) in [6.07, 6.45) is 0.368. The smallest absolute Gasteiger partial charge is 0.222 e. The third-order valence-corrected chi connectivity index (χ3v) is 2.84. The van der Waals surface area contributed by atoms with E-state index in [1.54, 1.807) is 6.92 Å². The number of benzene rings is 1. The van der Waals surface area contributed by atoms with E-state index in [0.717, 1.165) is 23.3 Å². The largest absolute Gasteiger partial charge is 0.393 e. The van der Waals surface area contributed by atoms with Crippen LogP contribution in [-0.2, 0) is 0 Å². The molecule has 1 atom stereocenters. The van der Waals surface area contributed by atoms with Crippen LogP contribution in [0.5, 0.6) is 0 Å². The average Bonchev–Trinajstić information content (AvgIpc) is 2.34. The maximum Gasteiger partial charge on any atom is 0.222 e. The molecule has 1 aromatic heterocycles. The number of hydrogen-bond donors (Lipinski definition) is 2. The monoisotopic (exact) mass is 246 g/mol. The molecule has 0 spiro atoms. The maximum atomic E-state index is 9.33. The van der Waals surface area contributed by atoms with Gasteiger partial charge in [0.2, 0.25) is 5.95 Å². The number of fused-ring (bicyclic) bond motifs is 1. The van der Waals surface area contributed by atoms with Gasteiger partial charge in [0.1, 0.15) is 5.82 Å². The van der Waals surface area contributed by atoms with E-state index >= 15 is 0 Å². The van der Waals surface area contributed by atoms with E-state index in [4.69, 9.17) is 5.73 Å². The number of nitrogens with two attached hydrogens (primary N) is 1. The third kappa shape index (κ3) is 2.68. The predicted molar refractivity (Wildman–Crippen MR) is 73.5 cm³/mol. The summed E-state index contributed by atoms with van der Waals surface area (Å²) in [5.41, 5.74) is 6.56. The van der Waals surface area contributed by atoms with Crippen molar-refractivity contribution in [3.8, 4) is 0 Å². The molecule has 2 rings (SSSR count). The molecule has 96 valence electrons. The van der Waals surface area contributed by atoms with Crippen molar-refractivity contribution in [2.45, 2.75) is 19.4 Å². The van der Waals surface area contributed by atoms with Crippen molar-refractivity contribution in [3.63, 3.8) is 0 Å². The lowest BCUT2D eigenvalue weighted by Gasteiger charge is -2.20. The molecule has 0 aliphatic rings. The van der Waals surface area contributed by atoms with E-state index in [2.05, 4.69) is 9.97 Å². The number of rotatable bonds is 4. The summed E-state index contributed by atoms with van der Waals surface area (Å²) in [4.78, 5) is 10.5. The molecular formula is C13H18N4O. The van der Waals surface area contributed by atoms with Crippen molar-refractivity contribution in [2.24, 2.45) is 0 Å². The van der Waals surface area contributed by atoms with E-state index in [0.29, 0.717) is 6.42 Å². The minimum atomic E-state index is -0.321. The normalized spacial score (nSPS) is 12.6. The summed E-state index contributed by atoms with van der Waals surface area (Å²) in [5, 5.41) is 10.3. The van der Waals surface area contributed by atoms with E-state index in [1.165, 1.54) is 0 Å². The van der Waals surface area contributed by atoms with Gasteiger partial charge in [0.05, 0.1) is 11.6 Å². The zero-order chi connectivity index (χ0) is 13.1. The molecule has 1 heterocycles. The summed E-state index contributed by atoms with van der Waals surface area (Å²) in [5.74, 6) is 1.08. The Morgan fingerprint density at radius 1 is 1.33 bits per heavy atom. The number of para-hydroxylation sites is 1. The SMILES string of the molecule is CC(O)CCN(C)c1nc(N)nc2ccccc12. The van der Waals surface area contributed by atoms with Crippen LogP contribution in [0, 0.1) is 0 Å². The van der Waals surface area contributed by atoms with Gasteiger partial charge < -0.3 is 15.7 Å². The highest BCUT2D eigenvalue weighted by Crippen LogP contribution is 2.23. The fraction of sp³-hybridized carbons (Fsp3) is 0.385. The first-order chi connectivity index (χ1) is 8.58. The molecule has 5 nitrogen and oxygen atoms in total. The van der Waals surface area contributed by atoms with Crippen LogP contribution in [0.2, 0.25) is 0 Å². The second-order valence-electron chi connectivity index (χ2n) is 4.48. The van der Waals surface area contributed by atoms with Crippen molar-refractivity contribution < 1.29 is 5.11 Å². The Balaban J connectivity index is 2.36. The highest BCUT2D eigenvalue weighted by molar-refractivity contribution is 5.90. The van der Waals surface area contributed by atoms with Crippen molar-refractivity contribution in [3.05, 3.63) is 24.3 Å². The quantitative estimate of drug-likeness (QED) is 0.853. The standard InChI is InChI=1S/C13H18N4O/c1-9(18)7-8-17(2)12-10-5-3-4-6-11(10)15-13(14)16-12/h3-6,9,18H,7-8H2,1-2H3,(H2,14,15,16). The molecule has 0 bridgehead atoms. The highest BCUT2D eigenvalue weighted by atomic mass is 16.3. The number of anilines is 2. The van der Waals surface area contributed by atoms with Gasteiger partial charge in [0.25, 0.3) is 0 Å². The number of aliphatic hydroxyl groups is 1. The molecule has 2 aromatic rings. The molecule has 3 N–H and O–H groups in total. The average molecular weight is 246 g/mol. The number of nitrogen functional groups attached to an aromatic ring is 1. The Labute approximate surface area is 106 Å². The fourth-order valence-corrected chi connectivity index (χ4v) is 1.85. The van der Waals surface area contributed by atoms with Gasteiger partial charge >= 0.3 is 0 Å². The molecule has 0 saturated heterocycles. The minimum absolute atomic E-state index is 0.271. The van der Waals surface area contributed by atoms with Gasteiger partial charge in [0.15, 0.2) is 0 Å². The molecule has 0 aliphatic heterocycles. The number of aliphatic hydroxyl groups excluding tert-OH is 1. The Morgan fingerprint density at radius 3 is 2.78 bits per heavy atom. The topological polar surface area (TPSA) is 75.3 Å². The van der Waals surface area contributed by atoms with Crippen molar-refractivity contribution in [2.75, 3.05) is 24.2 Å². The summed E-state index contributed by atoms with van der Waals surface area (Å²) in [6, 6.07) is 7.77. The van der Waals surface area contributed by atoms with Crippen LogP contribution in [0.25, 0.3) is 10.9 Å². The highest BCUT2D eigenvalue weighted by Gasteiger charge is 2.10. The molecule has 0 saturated carbocycles. The summed E-state index contributed by atoms with van der Waals surface area (Å²) < 4.78 is 0. The molecule has 18 heavy (non-hydrogen) atoms. The first-order valence-electron chi connectivity index (χ1n) is 5.99. The van der Waals surface area contributed by atoms with Gasteiger partial charge in [-0.05, 0) is 25.5 Å². The van der Waals surface area contributed by atoms with E-state index < -0.39 is 0 Å². The van der Waals surface area contributed by atoms with Crippen LogP contribution in [0.4, 0.5) is 11.8 Å². The lowest BCUT2D eigenvalue weighted by molar-refractivity contribution is 0.187. The van der Waals surface area contributed by atoms with Crippen LogP contribution in [-0.4, -0.2) is 34.8 Å². The van der Waals surface area contributed by atoms with E-state index in [1.807, 2.05) is 36.2 Å². The molecule has 5 heteroatoms. The third-order valence-electron chi connectivity index (χ3n) is 2.84. The van der Waals surface area contributed by atoms with E-state index in [9.17, 15) is 5.11 Å². The Bertz CT molecular complexity index is 542. The lowest BCUT2D eigenvalue weighted by Crippen LogP contribution is -2.23. The van der Waals surface area contributed by atoms with Crippen LogP contribution >= 0.6 is 0 Å². The Kier molecular flexibility index (Phi) is 3.62. The second-order valence-corrected chi connectivity index (χ2v) is 4.48. The molecule has 1 unspecified atom stereocenters. The van der Waals surface area contributed by atoms with Gasteiger partial charge in [-0.3, -0.25) is 0 Å². The summed E-state index contributed by atoms with van der Waals surface area (Å²) >= 11 is 0. The first-order valence-corrected chi connectivity index (χ1v) is 5.99. The lowest BCUT2D eigenvalue weighted by atomic mass is 10.2. The van der Waals surface area contributed by atoms with Gasteiger partial charge in [-0.25, -0.2) is 4.98 Å². The van der Waals surface area contributed by atoms with Crippen LogP contribution in [0.15, 0.2) is 24.3 Å². The van der Waals surface area contributed by atoms with Crippen LogP contribution in [0.3, 0.4) is 0 Å². The maximum absolute atomic E-state index is 9.33. The predicted octanol–water partition coefficient (Wildman–Crippen LogP) is 1.42. The molecule has 0 radical (unpaired) electrons. The molecule has 0 fully saturated rings. The molecule has 0 amide bonds. The van der Waals surface area contributed by atoms with Crippen molar-refractivity contribution in [1.29, 1.82) is 0 Å². The Hall–Kier alpha value is -1.88. The van der Waals surface area contributed by atoms with E-state index in [-0.39, 0.29) is 12.1 Å². The van der Waals surface area contributed by atoms with Gasteiger partial charge in [0, 0.05) is 19.0 Å². The first kappa shape index (κ1) is 12.6. The van der Waals surface area contributed by atoms with Gasteiger partial charge in [-0.2, -0.15) is 4.98 Å². The minimum Gasteiger partial charge on any atom is -0.393 e. The van der Waals surface area contributed by atoms with Crippen molar-refractivity contribution >= 4 is 22.7 Å². The van der Waals surface area contributed by atoms with Crippen molar-refractivity contribution in [1.82, 2.24) is 9.97 Å². The van der Waals surface area contributed by atoms with Crippen LogP contribution < -0.4 is 10.6 Å². The second kappa shape index (κ2) is 5.18. The Morgan fingerprint density at radius 2 is 2.06 bits per heavy atom. The fourth-order valence-electron chi connectivity index (χ4n) is 1.85. The molecule has 1 aromatic carbocycles. The zero-order valence-corrected chi connectivity index (χ0v) is 10.7. The van der Waals surface area contributed by atoms with Gasteiger partial charge in [-0.15, -0.1) is 0 Å². The molecule has 0 aliphatic carbocycles. The molecular weight excluding hydrogens is 228 g/mol. The number of hydrogen-bond acceptors (Lipinski definition) is 5. The summed E-state index contributed by atoms with van der Waals surface area (Å²) in [7, 11) is 1.94. The van der Waals surface area contributed by atoms with Crippen LogP contribution in [0.1, 0.15) is 13.3 Å². The summed E-state index contributed by atoms with van der Waals surface area (Å²) in [6.45, 7) is 2.50. The zero-order valence-electron chi connectivity index (χ0n) is 10.7. The number of nitrogens with zero attached hydrogens (tertiary/aromatic N) is 3. The number of aromatic nitrogens is 2.